The van der Waals surface area contributed by atoms with E-state index in [4.69, 9.17) is 4.74 Å². The van der Waals surface area contributed by atoms with Crippen LogP contribution in [-0.2, 0) is 19.1 Å². The van der Waals surface area contributed by atoms with Gasteiger partial charge in [0.25, 0.3) is 0 Å². The highest BCUT2D eigenvalue weighted by Crippen LogP contribution is 2.04. The second kappa shape index (κ2) is 19.4. The van der Waals surface area contributed by atoms with Crippen molar-refractivity contribution in [2.45, 2.75) is 45.4 Å². The molecule has 6 heteroatoms. The number of carbonyl (C=O) groups excluding carboxylic acids is 2. The first-order valence-corrected chi connectivity index (χ1v) is 8.52. The number of esters is 2. The Balaban J connectivity index is 0. The van der Waals surface area contributed by atoms with Crippen molar-refractivity contribution in [1.29, 1.82) is 0 Å². The Morgan fingerprint density at radius 3 is 2.00 bits per heavy atom. The molecule has 0 rings (SSSR count). The van der Waals surface area contributed by atoms with Gasteiger partial charge in [-0.25, -0.2) is 0 Å². The quantitative estimate of drug-likeness (QED) is 0.263. The molecular formula is C15H28O4S2. The second-order valence-electron chi connectivity index (χ2n) is 4.28. The normalized spacial score (nSPS) is 9.29. The number of ether oxygens (including phenoxy) is 2. The first-order chi connectivity index (χ1) is 10.1. The third-order valence-electron chi connectivity index (χ3n) is 2.38. The highest BCUT2D eigenvalue weighted by molar-refractivity contribution is 7.81. The number of unbranched alkanes of at least 4 members (excludes halogenated alkanes) is 5. The van der Waals surface area contributed by atoms with E-state index in [9.17, 15) is 9.59 Å². The molecule has 0 fully saturated rings. The van der Waals surface area contributed by atoms with Gasteiger partial charge in [0.1, 0.15) is 6.61 Å². The van der Waals surface area contributed by atoms with Crippen LogP contribution in [0.2, 0.25) is 0 Å². The fourth-order valence-corrected chi connectivity index (χ4v) is 1.49. The molecule has 124 valence electrons. The molecule has 0 aliphatic heterocycles. The minimum Gasteiger partial charge on any atom is -0.465 e. The van der Waals surface area contributed by atoms with Crippen LogP contribution in [-0.4, -0.2) is 36.7 Å². The molecule has 0 amide bonds. The zero-order valence-electron chi connectivity index (χ0n) is 12.9. The molecule has 0 saturated carbocycles. The van der Waals surface area contributed by atoms with Gasteiger partial charge < -0.3 is 9.47 Å². The number of thiol groups is 2. The second-order valence-corrected chi connectivity index (χ2v) is 4.91. The van der Waals surface area contributed by atoms with Crippen LogP contribution in [0.15, 0.2) is 12.7 Å². The molecule has 0 radical (unpaired) electrons. The fraction of sp³-hybridized carbons (Fsp3) is 0.733. The Morgan fingerprint density at radius 1 is 0.952 bits per heavy atom. The SMILES string of the molecule is C=CCOC(=O)CS.CCCCCCCCOC(=O)CS. The minimum atomic E-state index is -0.312. The maximum Gasteiger partial charge on any atom is 0.315 e. The summed E-state index contributed by atoms with van der Waals surface area (Å²) < 4.78 is 9.39. The van der Waals surface area contributed by atoms with Crippen LogP contribution in [0.4, 0.5) is 0 Å². The average molecular weight is 337 g/mol. The van der Waals surface area contributed by atoms with Crippen LogP contribution < -0.4 is 0 Å². The summed E-state index contributed by atoms with van der Waals surface area (Å²) >= 11 is 7.49. The molecule has 0 aromatic carbocycles. The van der Waals surface area contributed by atoms with Crippen molar-refractivity contribution >= 4 is 37.2 Å². The lowest BCUT2D eigenvalue weighted by atomic mass is 10.1. The Kier molecular flexibility index (Phi) is 20.9. The van der Waals surface area contributed by atoms with Gasteiger partial charge in [-0.05, 0) is 6.42 Å². The van der Waals surface area contributed by atoms with Crippen LogP contribution in [0.5, 0.6) is 0 Å². The number of rotatable bonds is 11. The summed E-state index contributed by atoms with van der Waals surface area (Å²) in [5.74, 6) is -0.200. The molecule has 0 bridgehead atoms. The van der Waals surface area contributed by atoms with Gasteiger partial charge in [0, 0.05) is 0 Å². The van der Waals surface area contributed by atoms with E-state index in [1.54, 1.807) is 0 Å². The summed E-state index contributed by atoms with van der Waals surface area (Å²) in [4.78, 5) is 20.9. The van der Waals surface area contributed by atoms with Crippen molar-refractivity contribution in [3.05, 3.63) is 12.7 Å². The number of hydrogen-bond donors (Lipinski definition) is 2. The summed E-state index contributed by atoms with van der Waals surface area (Å²) in [7, 11) is 0. The summed E-state index contributed by atoms with van der Waals surface area (Å²) in [6.45, 7) is 6.41. The molecule has 0 aromatic rings. The van der Waals surface area contributed by atoms with Crippen molar-refractivity contribution in [2.75, 3.05) is 24.7 Å². The molecule has 0 saturated heterocycles. The largest absolute Gasteiger partial charge is 0.465 e. The fourth-order valence-electron chi connectivity index (χ4n) is 1.31. The third-order valence-corrected chi connectivity index (χ3v) is 2.90. The molecular weight excluding hydrogens is 308 g/mol. The van der Waals surface area contributed by atoms with E-state index < -0.39 is 0 Å². The zero-order valence-corrected chi connectivity index (χ0v) is 14.7. The van der Waals surface area contributed by atoms with Crippen molar-refractivity contribution < 1.29 is 19.1 Å². The lowest BCUT2D eigenvalue weighted by molar-refractivity contribution is -0.141. The third kappa shape index (κ3) is 21.8. The molecule has 0 aliphatic rings. The van der Waals surface area contributed by atoms with Gasteiger partial charge in [0.2, 0.25) is 0 Å². The standard InChI is InChI=1S/C10H20O2S.C5H8O2S/c1-2-3-4-5-6-7-8-12-10(11)9-13;1-2-3-7-5(6)4-8/h13H,2-9H2,1H3;2,8H,1,3-4H2. The predicted octanol–water partition coefficient (Wildman–Crippen LogP) is 3.47. The number of hydrogen-bond acceptors (Lipinski definition) is 6. The van der Waals surface area contributed by atoms with Crippen molar-refractivity contribution in [1.82, 2.24) is 0 Å². The average Bonchev–Trinajstić information content (AvgIpc) is 2.51. The van der Waals surface area contributed by atoms with Crippen molar-refractivity contribution in [2.24, 2.45) is 0 Å². The van der Waals surface area contributed by atoms with E-state index >= 15 is 0 Å². The summed E-state index contributed by atoms with van der Waals surface area (Å²) in [6, 6.07) is 0. The summed E-state index contributed by atoms with van der Waals surface area (Å²) in [5.41, 5.74) is 0. The van der Waals surface area contributed by atoms with Crippen LogP contribution in [0.3, 0.4) is 0 Å². The molecule has 0 spiro atoms. The van der Waals surface area contributed by atoms with E-state index in [2.05, 4.69) is 43.5 Å². The monoisotopic (exact) mass is 336 g/mol. The predicted molar refractivity (Wildman–Crippen MR) is 93.2 cm³/mol. The molecule has 0 unspecified atom stereocenters. The maximum absolute atomic E-state index is 10.6. The molecule has 0 aromatic heterocycles. The lowest BCUT2D eigenvalue weighted by Gasteiger charge is -2.02. The van der Waals surface area contributed by atoms with Gasteiger partial charge in [-0.3, -0.25) is 9.59 Å². The molecule has 0 heterocycles. The Bertz CT molecular complexity index is 270. The van der Waals surface area contributed by atoms with Gasteiger partial charge in [0.05, 0.1) is 18.1 Å². The van der Waals surface area contributed by atoms with Gasteiger partial charge >= 0.3 is 11.9 Å². The van der Waals surface area contributed by atoms with Gasteiger partial charge in [-0.2, -0.15) is 25.3 Å². The van der Waals surface area contributed by atoms with Gasteiger partial charge in [0.15, 0.2) is 0 Å². The topological polar surface area (TPSA) is 52.6 Å². The Labute approximate surface area is 139 Å². The number of carbonyl (C=O) groups is 2. The molecule has 4 nitrogen and oxygen atoms in total. The van der Waals surface area contributed by atoms with E-state index in [0.717, 1.165) is 6.42 Å². The first-order valence-electron chi connectivity index (χ1n) is 7.26. The Morgan fingerprint density at radius 2 is 1.48 bits per heavy atom. The maximum atomic E-state index is 10.6. The highest BCUT2D eigenvalue weighted by Gasteiger charge is 1.97. The van der Waals surface area contributed by atoms with Crippen LogP contribution in [0.1, 0.15) is 45.4 Å². The van der Waals surface area contributed by atoms with Gasteiger partial charge in [-0.1, -0.05) is 51.7 Å². The molecule has 21 heavy (non-hydrogen) atoms. The smallest absolute Gasteiger partial charge is 0.315 e. The molecule has 0 N–H and O–H groups in total. The van der Waals surface area contributed by atoms with Crippen molar-refractivity contribution in [3.8, 4) is 0 Å². The summed E-state index contributed by atoms with van der Waals surface area (Å²) in [5, 5.41) is 0. The van der Waals surface area contributed by atoms with Crippen LogP contribution in [0.25, 0.3) is 0 Å². The van der Waals surface area contributed by atoms with E-state index in [1.807, 2.05) is 0 Å². The van der Waals surface area contributed by atoms with Gasteiger partial charge in [-0.15, -0.1) is 0 Å². The molecule has 0 aliphatic carbocycles. The molecule has 0 atom stereocenters. The minimum absolute atomic E-state index is 0.133. The Hall–Kier alpha value is -0.620. The first kappa shape index (κ1) is 22.7. The lowest BCUT2D eigenvalue weighted by Crippen LogP contribution is -2.06. The van der Waals surface area contributed by atoms with E-state index in [0.29, 0.717) is 6.61 Å². The summed E-state index contributed by atoms with van der Waals surface area (Å²) in [6.07, 6.45) is 8.82. The van der Waals surface area contributed by atoms with Crippen LogP contribution in [0, 0.1) is 0 Å². The van der Waals surface area contributed by atoms with E-state index in [-0.39, 0.29) is 30.1 Å². The van der Waals surface area contributed by atoms with E-state index in [1.165, 1.54) is 38.2 Å². The van der Waals surface area contributed by atoms with Crippen molar-refractivity contribution in [3.63, 3.8) is 0 Å². The highest BCUT2D eigenvalue weighted by atomic mass is 32.1. The van der Waals surface area contributed by atoms with Crippen LogP contribution >= 0.6 is 25.3 Å². The zero-order chi connectivity index (χ0) is 16.3.